The average Bonchev–Trinajstić information content (AvgIpc) is 3.29. The van der Waals surface area contributed by atoms with Crippen molar-refractivity contribution in [3.05, 3.63) is 36.0 Å². The average molecular weight is 426 g/mol. The smallest absolute Gasteiger partial charge is 0.419 e. The molecular weight excluding hydrogens is 404 g/mol. The molecule has 12 nitrogen and oxygen atoms in total. The van der Waals surface area contributed by atoms with Crippen molar-refractivity contribution in [2.45, 2.75) is 19.8 Å². The van der Waals surface area contributed by atoms with E-state index in [0.717, 1.165) is 0 Å². The van der Waals surface area contributed by atoms with Gasteiger partial charge < -0.3 is 19.1 Å². The molecule has 0 atom stereocenters. The Kier molecular flexibility index (Phi) is 6.17. The summed E-state index contributed by atoms with van der Waals surface area (Å²) in [7, 11) is 0. The summed E-state index contributed by atoms with van der Waals surface area (Å²) in [5.41, 5.74) is 1.18. The van der Waals surface area contributed by atoms with Crippen molar-refractivity contribution >= 4 is 18.0 Å². The minimum atomic E-state index is -0.830. The van der Waals surface area contributed by atoms with Crippen molar-refractivity contribution in [1.82, 2.24) is 30.6 Å². The first-order valence-electron chi connectivity index (χ1n) is 9.78. The molecule has 0 unspecified atom stereocenters. The number of carbonyl (C=O) groups is 1. The normalized spacial score (nSPS) is 13.8. The van der Waals surface area contributed by atoms with E-state index < -0.39 is 6.09 Å². The largest absolute Gasteiger partial charge is 0.436 e. The molecule has 1 fully saturated rings. The van der Waals surface area contributed by atoms with E-state index in [0.29, 0.717) is 43.9 Å². The van der Waals surface area contributed by atoms with Crippen LogP contribution in [0.5, 0.6) is 17.4 Å². The number of carbonyl (C=O) groups excluding carboxylic acids is 1. The van der Waals surface area contributed by atoms with Crippen LogP contribution >= 0.6 is 0 Å². The van der Waals surface area contributed by atoms with Crippen LogP contribution in [0.15, 0.2) is 30.5 Å². The molecule has 0 saturated carbocycles. The van der Waals surface area contributed by atoms with E-state index in [-0.39, 0.29) is 17.6 Å². The van der Waals surface area contributed by atoms with Crippen molar-refractivity contribution in [2.24, 2.45) is 0 Å². The van der Waals surface area contributed by atoms with Crippen LogP contribution in [0.4, 0.5) is 16.7 Å². The van der Waals surface area contributed by atoms with Gasteiger partial charge in [-0.2, -0.15) is 10.2 Å². The van der Waals surface area contributed by atoms with Crippen molar-refractivity contribution in [3.8, 4) is 17.4 Å². The maximum absolute atomic E-state index is 12.2. The zero-order chi connectivity index (χ0) is 21.6. The van der Waals surface area contributed by atoms with Crippen LogP contribution in [0, 0.1) is 0 Å². The van der Waals surface area contributed by atoms with Gasteiger partial charge >= 0.3 is 6.09 Å². The molecule has 0 bridgehead atoms. The molecular formula is C19H22N8O4. The number of ether oxygens (including phenoxy) is 3. The first-order chi connectivity index (χ1) is 15.1. The Labute approximate surface area is 177 Å². The number of morpholine rings is 1. The highest BCUT2D eigenvalue weighted by Crippen LogP contribution is 2.31. The van der Waals surface area contributed by atoms with E-state index in [1.807, 2.05) is 29.2 Å². The Morgan fingerprint density at radius 2 is 2.00 bits per heavy atom. The number of rotatable bonds is 6. The quantitative estimate of drug-likeness (QED) is 0.603. The second kappa shape index (κ2) is 9.34. The van der Waals surface area contributed by atoms with Crippen molar-refractivity contribution in [1.29, 1.82) is 0 Å². The number of H-pyrrole nitrogens is 1. The maximum atomic E-state index is 12.2. The van der Waals surface area contributed by atoms with Crippen LogP contribution in [0.1, 0.15) is 25.3 Å². The molecule has 2 aromatic heterocycles. The summed E-state index contributed by atoms with van der Waals surface area (Å²) in [5.74, 6) is 1.54. The van der Waals surface area contributed by atoms with Crippen LogP contribution in [0.2, 0.25) is 0 Å². The van der Waals surface area contributed by atoms with Gasteiger partial charge in [0.15, 0.2) is 0 Å². The summed E-state index contributed by atoms with van der Waals surface area (Å²) in [6.45, 7) is 6.71. The molecule has 0 spiro atoms. The minimum Gasteiger partial charge on any atom is -0.436 e. The first kappa shape index (κ1) is 20.5. The highest BCUT2D eigenvalue weighted by atomic mass is 16.6. The number of tetrazole rings is 1. The fourth-order valence-corrected chi connectivity index (χ4v) is 2.87. The molecule has 31 heavy (non-hydrogen) atoms. The van der Waals surface area contributed by atoms with E-state index in [1.165, 1.54) is 11.8 Å². The lowest BCUT2D eigenvalue weighted by atomic mass is 10.0. The van der Waals surface area contributed by atoms with Gasteiger partial charge in [0.05, 0.1) is 19.4 Å². The van der Waals surface area contributed by atoms with Gasteiger partial charge in [0.25, 0.3) is 11.8 Å². The van der Waals surface area contributed by atoms with E-state index in [9.17, 15) is 4.79 Å². The van der Waals surface area contributed by atoms with Crippen LogP contribution in [-0.4, -0.2) is 63.0 Å². The SMILES string of the molecule is CC(C)c1ccc(Oc2nc(N3CCOCC3)ncc2OC(=O)Nc2nn[nH]n2)cc1. The molecule has 12 heteroatoms. The van der Waals surface area contributed by atoms with Crippen LogP contribution in [0.3, 0.4) is 0 Å². The van der Waals surface area contributed by atoms with E-state index in [2.05, 4.69) is 49.8 Å². The first-order valence-corrected chi connectivity index (χ1v) is 9.78. The Hall–Kier alpha value is -3.80. The zero-order valence-electron chi connectivity index (χ0n) is 17.1. The summed E-state index contributed by atoms with van der Waals surface area (Å²) >= 11 is 0. The monoisotopic (exact) mass is 426 g/mol. The molecule has 1 aromatic carbocycles. The molecule has 1 aliphatic heterocycles. The molecule has 162 valence electrons. The lowest BCUT2D eigenvalue weighted by molar-refractivity contribution is 0.122. The third-order valence-electron chi connectivity index (χ3n) is 4.53. The number of aromatic amines is 1. The van der Waals surface area contributed by atoms with Crippen molar-refractivity contribution < 1.29 is 19.0 Å². The molecule has 4 rings (SSSR count). The van der Waals surface area contributed by atoms with Gasteiger partial charge in [0.1, 0.15) is 5.75 Å². The third kappa shape index (κ3) is 5.22. The van der Waals surface area contributed by atoms with Gasteiger partial charge in [-0.1, -0.05) is 31.1 Å². The fraction of sp³-hybridized carbons (Fsp3) is 0.368. The summed E-state index contributed by atoms with van der Waals surface area (Å²) in [4.78, 5) is 23.0. The molecule has 0 radical (unpaired) electrons. The highest BCUT2D eigenvalue weighted by molar-refractivity contribution is 5.84. The number of hydrogen-bond donors (Lipinski definition) is 2. The van der Waals surface area contributed by atoms with E-state index in [4.69, 9.17) is 14.2 Å². The summed E-state index contributed by atoms with van der Waals surface area (Å²) in [5, 5.41) is 15.2. The summed E-state index contributed by atoms with van der Waals surface area (Å²) in [6, 6.07) is 7.64. The molecule has 3 heterocycles. The second-order valence-electron chi connectivity index (χ2n) is 7.01. The number of hydrogen-bond acceptors (Lipinski definition) is 10. The summed E-state index contributed by atoms with van der Waals surface area (Å²) in [6.07, 6.45) is 0.565. The molecule has 1 amide bonds. The van der Waals surface area contributed by atoms with Crippen LogP contribution < -0.4 is 19.7 Å². The lowest BCUT2D eigenvalue weighted by Crippen LogP contribution is -2.37. The molecule has 2 N–H and O–H groups in total. The van der Waals surface area contributed by atoms with Gasteiger partial charge in [-0.15, -0.1) is 5.10 Å². The topological polar surface area (TPSA) is 140 Å². The third-order valence-corrected chi connectivity index (χ3v) is 4.53. The van der Waals surface area contributed by atoms with Gasteiger partial charge in [-0.3, -0.25) is 5.32 Å². The zero-order valence-corrected chi connectivity index (χ0v) is 17.1. The van der Waals surface area contributed by atoms with Crippen LogP contribution in [0.25, 0.3) is 0 Å². The second-order valence-corrected chi connectivity index (χ2v) is 7.01. The number of nitrogens with one attached hydrogen (secondary N) is 2. The van der Waals surface area contributed by atoms with Gasteiger partial charge in [-0.25, -0.2) is 9.78 Å². The lowest BCUT2D eigenvalue weighted by Gasteiger charge is -2.27. The maximum Gasteiger partial charge on any atom is 0.419 e. The van der Waals surface area contributed by atoms with Gasteiger partial charge in [0, 0.05) is 13.1 Å². The van der Waals surface area contributed by atoms with Gasteiger partial charge in [0.2, 0.25) is 11.7 Å². The minimum absolute atomic E-state index is 0.0254. The molecule has 3 aromatic rings. The van der Waals surface area contributed by atoms with E-state index in [1.54, 1.807) is 0 Å². The van der Waals surface area contributed by atoms with E-state index >= 15 is 0 Å². The standard InChI is InChI=1S/C19H22N8O4/c1-12(2)13-3-5-14(6-4-13)30-16-15(31-19(28)22-17-23-25-26-24-17)11-20-18(21-16)27-7-9-29-10-8-27/h3-6,11-12H,7-10H2,1-2H3,(H2,22,23,24,25,26,28). The molecule has 1 aliphatic rings. The number of amides is 1. The number of aromatic nitrogens is 6. The fourth-order valence-electron chi connectivity index (χ4n) is 2.87. The Morgan fingerprint density at radius 3 is 2.68 bits per heavy atom. The predicted octanol–water partition coefficient (Wildman–Crippen LogP) is 2.35. The Bertz CT molecular complexity index is 1000. The Morgan fingerprint density at radius 1 is 1.23 bits per heavy atom. The van der Waals surface area contributed by atoms with Crippen LogP contribution in [-0.2, 0) is 4.74 Å². The number of nitrogens with zero attached hydrogens (tertiary/aromatic N) is 6. The number of anilines is 2. The number of benzene rings is 1. The van der Waals surface area contributed by atoms with Gasteiger partial charge in [-0.05, 0) is 28.8 Å². The predicted molar refractivity (Wildman–Crippen MR) is 109 cm³/mol. The molecule has 0 aliphatic carbocycles. The molecule has 1 saturated heterocycles. The highest BCUT2D eigenvalue weighted by Gasteiger charge is 2.20. The summed E-state index contributed by atoms with van der Waals surface area (Å²) < 4.78 is 16.7. The van der Waals surface area contributed by atoms with Crippen molar-refractivity contribution in [3.63, 3.8) is 0 Å². The Balaban J connectivity index is 1.57. The van der Waals surface area contributed by atoms with Crippen molar-refractivity contribution in [2.75, 3.05) is 36.5 Å².